The van der Waals surface area contributed by atoms with Crippen LogP contribution < -0.4 is 0 Å². The van der Waals surface area contributed by atoms with E-state index in [9.17, 15) is 9.59 Å². The molecule has 3 aliphatic rings. The van der Waals surface area contributed by atoms with E-state index in [2.05, 4.69) is 12.1 Å². The van der Waals surface area contributed by atoms with Crippen molar-refractivity contribution in [2.24, 2.45) is 17.3 Å². The number of hydrogen-bond donors (Lipinski definition) is 0. The molecule has 0 N–H and O–H groups in total. The molecule has 0 radical (unpaired) electrons. The molecule has 148 valence electrons. The summed E-state index contributed by atoms with van der Waals surface area (Å²) in [4.78, 5) is 29.6. The number of likely N-dealkylation sites (tertiary alicyclic amines) is 2. The standard InChI is InChI=1S/C21H31N3O3/c1-14-4-6-17(7-5-14)20(26)23-9-8-21(12-23)10-19(25)24(13-21)11-18-15(2)22-27-16(18)3/h14,17H,4-13H2,1-3H3. The summed E-state index contributed by atoms with van der Waals surface area (Å²) >= 11 is 0. The molecule has 1 saturated carbocycles. The summed E-state index contributed by atoms with van der Waals surface area (Å²) in [7, 11) is 0. The van der Waals surface area contributed by atoms with Gasteiger partial charge in [0.1, 0.15) is 5.76 Å². The Labute approximate surface area is 161 Å². The Balaban J connectivity index is 1.39. The van der Waals surface area contributed by atoms with Gasteiger partial charge in [-0.25, -0.2) is 0 Å². The molecular formula is C21H31N3O3. The van der Waals surface area contributed by atoms with Crippen molar-refractivity contribution in [3.63, 3.8) is 0 Å². The first-order chi connectivity index (χ1) is 12.9. The SMILES string of the molecule is Cc1noc(C)c1CN1CC2(CCN(C(=O)C3CCC(C)CC3)C2)CC1=O. The van der Waals surface area contributed by atoms with Crippen molar-refractivity contribution >= 4 is 11.8 Å². The average Bonchev–Trinajstić information content (AvgIpc) is 3.29. The van der Waals surface area contributed by atoms with Gasteiger partial charge in [0.15, 0.2) is 0 Å². The van der Waals surface area contributed by atoms with Crippen molar-refractivity contribution in [1.82, 2.24) is 15.0 Å². The van der Waals surface area contributed by atoms with Crippen LogP contribution in [0.4, 0.5) is 0 Å². The van der Waals surface area contributed by atoms with Gasteiger partial charge >= 0.3 is 0 Å². The van der Waals surface area contributed by atoms with Gasteiger partial charge in [-0.15, -0.1) is 0 Å². The topological polar surface area (TPSA) is 66.7 Å². The highest BCUT2D eigenvalue weighted by atomic mass is 16.5. The molecule has 1 aromatic rings. The summed E-state index contributed by atoms with van der Waals surface area (Å²) in [5, 5.41) is 4.00. The second-order valence-electron chi connectivity index (χ2n) is 9.20. The van der Waals surface area contributed by atoms with Crippen molar-refractivity contribution in [3.8, 4) is 0 Å². The molecule has 1 spiro atoms. The first kappa shape index (κ1) is 18.5. The largest absolute Gasteiger partial charge is 0.361 e. The van der Waals surface area contributed by atoms with E-state index in [1.807, 2.05) is 23.6 Å². The van der Waals surface area contributed by atoms with E-state index >= 15 is 0 Å². The van der Waals surface area contributed by atoms with Gasteiger partial charge in [0, 0.05) is 43.0 Å². The zero-order valence-corrected chi connectivity index (χ0v) is 16.8. The van der Waals surface area contributed by atoms with Crippen LogP contribution in [0.1, 0.15) is 62.5 Å². The first-order valence-electron chi connectivity index (χ1n) is 10.4. The Morgan fingerprint density at radius 3 is 2.63 bits per heavy atom. The summed E-state index contributed by atoms with van der Waals surface area (Å²) in [6.45, 7) is 8.94. The van der Waals surface area contributed by atoms with Crippen LogP contribution in [0.3, 0.4) is 0 Å². The van der Waals surface area contributed by atoms with Gasteiger partial charge in [0.2, 0.25) is 11.8 Å². The molecule has 0 aromatic carbocycles. The van der Waals surface area contributed by atoms with Gasteiger partial charge in [0.25, 0.3) is 0 Å². The number of carbonyl (C=O) groups is 2. The number of rotatable bonds is 3. The molecule has 2 amide bonds. The van der Waals surface area contributed by atoms with Crippen LogP contribution in [-0.4, -0.2) is 46.4 Å². The van der Waals surface area contributed by atoms with E-state index in [0.29, 0.717) is 18.9 Å². The fourth-order valence-electron chi connectivity index (χ4n) is 5.21. The summed E-state index contributed by atoms with van der Waals surface area (Å²) < 4.78 is 5.24. The van der Waals surface area contributed by atoms with Gasteiger partial charge < -0.3 is 14.3 Å². The van der Waals surface area contributed by atoms with Gasteiger partial charge in [-0.1, -0.05) is 12.1 Å². The van der Waals surface area contributed by atoms with E-state index < -0.39 is 0 Å². The Hall–Kier alpha value is -1.85. The number of carbonyl (C=O) groups excluding carboxylic acids is 2. The molecule has 1 aromatic heterocycles. The third-order valence-electron chi connectivity index (χ3n) is 7.05. The third-order valence-corrected chi connectivity index (χ3v) is 7.05. The van der Waals surface area contributed by atoms with Crippen LogP contribution in [0.25, 0.3) is 0 Å². The highest BCUT2D eigenvalue weighted by molar-refractivity contribution is 5.82. The molecule has 2 aliphatic heterocycles. The van der Waals surface area contributed by atoms with Crippen LogP contribution in [0.5, 0.6) is 0 Å². The summed E-state index contributed by atoms with van der Waals surface area (Å²) in [6.07, 6.45) is 5.88. The summed E-state index contributed by atoms with van der Waals surface area (Å²) in [5.41, 5.74) is 1.81. The molecule has 2 saturated heterocycles. The van der Waals surface area contributed by atoms with E-state index in [1.54, 1.807) is 0 Å². The molecule has 1 unspecified atom stereocenters. The lowest BCUT2D eigenvalue weighted by Gasteiger charge is -2.30. The minimum absolute atomic E-state index is 0.0618. The van der Waals surface area contributed by atoms with Crippen LogP contribution in [0, 0.1) is 31.1 Å². The number of hydrogen-bond acceptors (Lipinski definition) is 4. The molecule has 1 atom stereocenters. The Kier molecular flexibility index (Phi) is 4.77. The Morgan fingerprint density at radius 2 is 1.96 bits per heavy atom. The van der Waals surface area contributed by atoms with Gasteiger partial charge in [-0.05, 0) is 51.9 Å². The minimum atomic E-state index is -0.0618. The number of aromatic nitrogens is 1. The quantitative estimate of drug-likeness (QED) is 0.817. The smallest absolute Gasteiger partial charge is 0.225 e. The number of amides is 2. The van der Waals surface area contributed by atoms with Gasteiger partial charge in [-0.2, -0.15) is 0 Å². The zero-order chi connectivity index (χ0) is 19.2. The summed E-state index contributed by atoms with van der Waals surface area (Å²) in [5.74, 6) is 2.26. The highest BCUT2D eigenvalue weighted by Crippen LogP contribution is 2.42. The molecule has 6 nitrogen and oxygen atoms in total. The van der Waals surface area contributed by atoms with Crippen molar-refractivity contribution < 1.29 is 14.1 Å². The predicted molar refractivity (Wildman–Crippen MR) is 101 cm³/mol. The fraction of sp³-hybridized carbons (Fsp3) is 0.762. The van der Waals surface area contributed by atoms with Gasteiger partial charge in [-0.3, -0.25) is 9.59 Å². The van der Waals surface area contributed by atoms with E-state index in [4.69, 9.17) is 4.52 Å². The van der Waals surface area contributed by atoms with Gasteiger partial charge in [0.05, 0.1) is 12.2 Å². The lowest BCUT2D eigenvalue weighted by Crippen LogP contribution is -2.38. The fourth-order valence-corrected chi connectivity index (χ4v) is 5.21. The molecule has 6 heteroatoms. The van der Waals surface area contributed by atoms with Crippen molar-refractivity contribution in [2.45, 2.75) is 65.8 Å². The molecule has 1 aliphatic carbocycles. The minimum Gasteiger partial charge on any atom is -0.361 e. The third kappa shape index (κ3) is 3.50. The average molecular weight is 373 g/mol. The molecule has 0 bridgehead atoms. The normalized spacial score (nSPS) is 31.3. The monoisotopic (exact) mass is 373 g/mol. The van der Waals surface area contributed by atoms with E-state index in [-0.39, 0.29) is 17.2 Å². The number of nitrogens with zero attached hydrogens (tertiary/aromatic N) is 3. The zero-order valence-electron chi connectivity index (χ0n) is 16.8. The molecule has 3 fully saturated rings. The van der Waals surface area contributed by atoms with E-state index in [1.165, 1.54) is 12.8 Å². The van der Waals surface area contributed by atoms with Crippen LogP contribution in [-0.2, 0) is 16.1 Å². The molecule has 27 heavy (non-hydrogen) atoms. The lowest BCUT2D eigenvalue weighted by atomic mass is 9.82. The maximum absolute atomic E-state index is 13.0. The maximum atomic E-state index is 13.0. The second kappa shape index (κ2) is 6.95. The van der Waals surface area contributed by atoms with Crippen LogP contribution >= 0.6 is 0 Å². The van der Waals surface area contributed by atoms with Crippen molar-refractivity contribution in [1.29, 1.82) is 0 Å². The van der Waals surface area contributed by atoms with E-state index in [0.717, 1.165) is 61.8 Å². The van der Waals surface area contributed by atoms with Crippen molar-refractivity contribution in [2.75, 3.05) is 19.6 Å². The number of aryl methyl sites for hydroxylation is 2. The Bertz CT molecular complexity index is 716. The highest BCUT2D eigenvalue weighted by Gasteiger charge is 2.49. The van der Waals surface area contributed by atoms with Crippen molar-refractivity contribution in [3.05, 3.63) is 17.0 Å². The van der Waals surface area contributed by atoms with Crippen LogP contribution in [0.15, 0.2) is 4.52 Å². The second-order valence-corrected chi connectivity index (χ2v) is 9.20. The molecular weight excluding hydrogens is 342 g/mol. The first-order valence-corrected chi connectivity index (χ1v) is 10.4. The predicted octanol–water partition coefficient (Wildman–Crippen LogP) is 3.07. The summed E-state index contributed by atoms with van der Waals surface area (Å²) in [6, 6.07) is 0. The Morgan fingerprint density at radius 1 is 1.22 bits per heavy atom. The van der Waals surface area contributed by atoms with Crippen LogP contribution in [0.2, 0.25) is 0 Å². The molecule has 4 rings (SSSR count). The lowest BCUT2D eigenvalue weighted by molar-refractivity contribution is -0.136. The maximum Gasteiger partial charge on any atom is 0.225 e. The molecule has 3 heterocycles.